The number of hydrogen-bond acceptors (Lipinski definition) is 4. The molecule has 0 bridgehead atoms. The fourth-order valence-corrected chi connectivity index (χ4v) is 1.70. The normalized spacial score (nSPS) is 10.1. The number of methoxy groups -OCH3 is 2. The first-order chi connectivity index (χ1) is 9.19. The number of halogens is 1. The highest BCUT2D eigenvalue weighted by molar-refractivity contribution is 5.79. The number of aromatic nitrogens is 1. The van der Waals surface area contributed by atoms with Gasteiger partial charge in [0, 0.05) is 11.6 Å². The third-order valence-corrected chi connectivity index (χ3v) is 2.70. The minimum absolute atomic E-state index is 0.0390. The summed E-state index contributed by atoms with van der Waals surface area (Å²) in [6.45, 7) is 0. The van der Waals surface area contributed by atoms with Crippen LogP contribution in [0.3, 0.4) is 0 Å². The van der Waals surface area contributed by atoms with E-state index < -0.39 is 5.82 Å². The van der Waals surface area contributed by atoms with Crippen molar-refractivity contribution >= 4 is 6.29 Å². The molecule has 0 aliphatic rings. The van der Waals surface area contributed by atoms with E-state index in [4.69, 9.17) is 9.47 Å². The van der Waals surface area contributed by atoms with Gasteiger partial charge in [0.15, 0.2) is 12.1 Å². The third kappa shape index (κ3) is 2.54. The van der Waals surface area contributed by atoms with Crippen LogP contribution in [0.4, 0.5) is 4.39 Å². The number of pyridine rings is 1. The second-order valence-electron chi connectivity index (χ2n) is 3.78. The summed E-state index contributed by atoms with van der Waals surface area (Å²) in [5.74, 6) is 0.528. The Morgan fingerprint density at radius 1 is 1.21 bits per heavy atom. The van der Waals surface area contributed by atoms with Crippen molar-refractivity contribution in [2.45, 2.75) is 0 Å². The zero-order valence-corrected chi connectivity index (χ0v) is 10.5. The van der Waals surface area contributed by atoms with Gasteiger partial charge in [-0.1, -0.05) is 0 Å². The van der Waals surface area contributed by atoms with E-state index in [1.165, 1.54) is 13.2 Å². The summed E-state index contributed by atoms with van der Waals surface area (Å²) in [6.07, 6.45) is 1.47. The maximum absolute atomic E-state index is 13.2. The molecule has 0 amide bonds. The average molecular weight is 261 g/mol. The van der Waals surface area contributed by atoms with Crippen molar-refractivity contribution in [3.05, 3.63) is 41.8 Å². The number of hydrogen-bond donors (Lipinski definition) is 0. The smallest absolute Gasteiger partial charge is 0.153 e. The molecule has 0 saturated heterocycles. The van der Waals surface area contributed by atoms with Crippen LogP contribution < -0.4 is 9.47 Å². The van der Waals surface area contributed by atoms with Gasteiger partial charge in [0.25, 0.3) is 0 Å². The SMILES string of the molecule is COc1ccc(-c2cc(C=O)c(F)cn2)c(OC)c1. The van der Waals surface area contributed by atoms with Gasteiger partial charge in [-0.25, -0.2) is 4.39 Å². The molecule has 0 unspecified atom stereocenters. The number of nitrogens with zero attached hydrogens (tertiary/aromatic N) is 1. The number of benzene rings is 1. The quantitative estimate of drug-likeness (QED) is 0.794. The molecule has 0 N–H and O–H groups in total. The van der Waals surface area contributed by atoms with Gasteiger partial charge in [-0.3, -0.25) is 9.78 Å². The standard InChI is InChI=1S/C14H12FNO3/c1-18-10-3-4-11(14(6-10)19-2)13-5-9(8-17)12(15)7-16-13/h3-8H,1-2H3. The van der Waals surface area contributed by atoms with Crippen LogP contribution in [-0.4, -0.2) is 25.5 Å². The molecule has 2 rings (SSSR count). The molecule has 0 aliphatic heterocycles. The van der Waals surface area contributed by atoms with Crippen molar-refractivity contribution in [2.24, 2.45) is 0 Å². The van der Waals surface area contributed by atoms with Crippen molar-refractivity contribution < 1.29 is 18.7 Å². The average Bonchev–Trinajstić information content (AvgIpc) is 2.47. The lowest BCUT2D eigenvalue weighted by Crippen LogP contribution is -1.95. The van der Waals surface area contributed by atoms with E-state index in [9.17, 15) is 9.18 Å². The van der Waals surface area contributed by atoms with Crippen molar-refractivity contribution in [3.8, 4) is 22.8 Å². The summed E-state index contributed by atoms with van der Waals surface area (Å²) in [4.78, 5) is 14.7. The lowest BCUT2D eigenvalue weighted by molar-refractivity contribution is 0.111. The first-order valence-electron chi connectivity index (χ1n) is 5.52. The molecule has 0 atom stereocenters. The van der Waals surface area contributed by atoms with Gasteiger partial charge in [-0.15, -0.1) is 0 Å². The minimum Gasteiger partial charge on any atom is -0.497 e. The fourth-order valence-electron chi connectivity index (χ4n) is 1.70. The molecule has 0 fully saturated rings. The predicted molar refractivity (Wildman–Crippen MR) is 68.1 cm³/mol. The Morgan fingerprint density at radius 3 is 2.63 bits per heavy atom. The van der Waals surface area contributed by atoms with Crippen LogP contribution >= 0.6 is 0 Å². The summed E-state index contributed by atoms with van der Waals surface area (Å²) < 4.78 is 23.6. The summed E-state index contributed by atoms with van der Waals surface area (Å²) in [5, 5.41) is 0. The Balaban J connectivity index is 2.55. The van der Waals surface area contributed by atoms with Crippen LogP contribution in [0, 0.1) is 5.82 Å². The van der Waals surface area contributed by atoms with Crippen molar-refractivity contribution in [3.63, 3.8) is 0 Å². The molecule has 2 aromatic rings. The van der Waals surface area contributed by atoms with Crippen molar-refractivity contribution in [1.82, 2.24) is 4.98 Å². The first kappa shape index (κ1) is 13.0. The molecule has 19 heavy (non-hydrogen) atoms. The van der Waals surface area contributed by atoms with Crippen LogP contribution in [0.1, 0.15) is 10.4 Å². The topological polar surface area (TPSA) is 48.4 Å². The maximum Gasteiger partial charge on any atom is 0.153 e. The Morgan fingerprint density at radius 2 is 2.00 bits per heavy atom. The fraction of sp³-hybridized carbons (Fsp3) is 0.143. The van der Waals surface area contributed by atoms with E-state index in [-0.39, 0.29) is 5.56 Å². The Hall–Kier alpha value is -2.43. The molecule has 1 aromatic heterocycles. The summed E-state index contributed by atoms with van der Waals surface area (Å²) >= 11 is 0. The first-order valence-corrected chi connectivity index (χ1v) is 5.52. The lowest BCUT2D eigenvalue weighted by atomic mass is 10.1. The van der Waals surface area contributed by atoms with E-state index in [1.807, 2.05) is 0 Å². The van der Waals surface area contributed by atoms with Gasteiger partial charge in [-0.05, 0) is 18.2 Å². The van der Waals surface area contributed by atoms with E-state index in [1.54, 1.807) is 25.3 Å². The molecular weight excluding hydrogens is 249 g/mol. The molecule has 4 nitrogen and oxygen atoms in total. The maximum atomic E-state index is 13.2. The number of ether oxygens (including phenoxy) is 2. The zero-order chi connectivity index (χ0) is 13.8. The van der Waals surface area contributed by atoms with Gasteiger partial charge in [0.1, 0.15) is 11.5 Å². The number of rotatable bonds is 4. The van der Waals surface area contributed by atoms with Crippen LogP contribution in [0.25, 0.3) is 11.3 Å². The van der Waals surface area contributed by atoms with E-state index >= 15 is 0 Å². The number of aldehydes is 1. The summed E-state index contributed by atoms with van der Waals surface area (Å²) in [7, 11) is 3.07. The molecule has 0 spiro atoms. The molecule has 0 saturated carbocycles. The summed E-state index contributed by atoms with van der Waals surface area (Å²) in [6, 6.07) is 6.56. The van der Waals surface area contributed by atoms with Gasteiger partial charge < -0.3 is 9.47 Å². The van der Waals surface area contributed by atoms with Crippen LogP contribution in [-0.2, 0) is 0 Å². The lowest BCUT2D eigenvalue weighted by Gasteiger charge is -2.10. The molecule has 5 heteroatoms. The Labute approximate surface area is 109 Å². The minimum atomic E-state index is -0.647. The number of carbonyl (C=O) groups is 1. The number of carbonyl (C=O) groups excluding carboxylic acids is 1. The van der Waals surface area contributed by atoms with Crippen LogP contribution in [0.15, 0.2) is 30.5 Å². The predicted octanol–water partition coefficient (Wildman–Crippen LogP) is 2.72. The second-order valence-corrected chi connectivity index (χ2v) is 3.78. The second kappa shape index (κ2) is 5.48. The highest BCUT2D eigenvalue weighted by atomic mass is 19.1. The van der Waals surface area contributed by atoms with Gasteiger partial charge in [0.2, 0.25) is 0 Å². The summed E-state index contributed by atoms with van der Waals surface area (Å²) in [5.41, 5.74) is 1.08. The van der Waals surface area contributed by atoms with E-state index in [2.05, 4.69) is 4.98 Å². The van der Waals surface area contributed by atoms with E-state index in [0.29, 0.717) is 29.0 Å². The highest BCUT2D eigenvalue weighted by Gasteiger charge is 2.11. The molecular formula is C14H12FNO3. The van der Waals surface area contributed by atoms with Crippen molar-refractivity contribution in [1.29, 1.82) is 0 Å². The highest BCUT2D eigenvalue weighted by Crippen LogP contribution is 2.32. The molecule has 98 valence electrons. The van der Waals surface area contributed by atoms with Gasteiger partial charge in [0.05, 0.1) is 31.7 Å². The molecule has 1 heterocycles. The van der Waals surface area contributed by atoms with Gasteiger partial charge in [-0.2, -0.15) is 0 Å². The van der Waals surface area contributed by atoms with Crippen LogP contribution in [0.5, 0.6) is 11.5 Å². The monoisotopic (exact) mass is 261 g/mol. The van der Waals surface area contributed by atoms with Gasteiger partial charge >= 0.3 is 0 Å². The van der Waals surface area contributed by atoms with Crippen LogP contribution in [0.2, 0.25) is 0 Å². The Bertz CT molecular complexity index is 614. The third-order valence-electron chi connectivity index (χ3n) is 2.70. The molecule has 0 aliphatic carbocycles. The zero-order valence-electron chi connectivity index (χ0n) is 10.5. The Kier molecular flexibility index (Phi) is 3.75. The largest absolute Gasteiger partial charge is 0.497 e. The van der Waals surface area contributed by atoms with E-state index in [0.717, 1.165) is 6.20 Å². The molecule has 0 radical (unpaired) electrons. The van der Waals surface area contributed by atoms with Crippen molar-refractivity contribution in [2.75, 3.05) is 14.2 Å². The molecule has 1 aromatic carbocycles.